The van der Waals surface area contributed by atoms with Gasteiger partial charge in [0.1, 0.15) is 0 Å². The van der Waals surface area contributed by atoms with Crippen LogP contribution in [0.2, 0.25) is 0 Å². The van der Waals surface area contributed by atoms with Gasteiger partial charge in [-0.1, -0.05) is 51.9 Å². The third-order valence-electron chi connectivity index (χ3n) is 3.52. The maximum atomic E-state index is 9.74. The van der Waals surface area contributed by atoms with E-state index in [2.05, 4.69) is 6.92 Å². The molecule has 14 heavy (non-hydrogen) atoms. The van der Waals surface area contributed by atoms with Gasteiger partial charge in [0.25, 0.3) is 0 Å². The Balaban J connectivity index is 1.93. The molecule has 1 heteroatoms. The summed E-state index contributed by atoms with van der Waals surface area (Å²) in [5, 5.41) is 9.74. The normalized spacial score (nSPS) is 20.1. The maximum Gasteiger partial charge on any atom is 0.0540 e. The van der Waals surface area contributed by atoms with Crippen LogP contribution in [0.4, 0.5) is 0 Å². The highest BCUT2D eigenvalue weighted by Gasteiger charge is 2.16. The van der Waals surface area contributed by atoms with Crippen molar-refractivity contribution in [1.82, 2.24) is 0 Å². The van der Waals surface area contributed by atoms with Gasteiger partial charge in [-0.25, -0.2) is 0 Å². The van der Waals surface area contributed by atoms with Crippen molar-refractivity contribution in [2.75, 3.05) is 0 Å². The lowest BCUT2D eigenvalue weighted by molar-refractivity contribution is 0.142. The van der Waals surface area contributed by atoms with Gasteiger partial charge in [-0.05, 0) is 25.2 Å². The van der Waals surface area contributed by atoms with E-state index in [0.29, 0.717) is 0 Å². The highest BCUT2D eigenvalue weighted by molar-refractivity contribution is 4.69. The molecular formula is C13H26O. The second-order valence-electron chi connectivity index (χ2n) is 4.88. The van der Waals surface area contributed by atoms with Crippen molar-refractivity contribution >= 4 is 0 Å². The fourth-order valence-electron chi connectivity index (χ4n) is 2.50. The summed E-state index contributed by atoms with van der Waals surface area (Å²) in [6, 6.07) is 0. The molecule has 0 aromatic rings. The van der Waals surface area contributed by atoms with Gasteiger partial charge >= 0.3 is 0 Å². The van der Waals surface area contributed by atoms with E-state index in [0.717, 1.165) is 18.8 Å². The van der Waals surface area contributed by atoms with E-state index in [1.165, 1.54) is 51.4 Å². The first-order chi connectivity index (χ1) is 6.83. The van der Waals surface area contributed by atoms with Crippen molar-refractivity contribution in [2.45, 2.75) is 77.2 Å². The lowest BCUT2D eigenvalue weighted by atomic mass is 9.97. The minimum atomic E-state index is -0.0119. The zero-order valence-corrected chi connectivity index (χ0v) is 9.67. The van der Waals surface area contributed by atoms with E-state index >= 15 is 0 Å². The van der Waals surface area contributed by atoms with Gasteiger partial charge in [0.2, 0.25) is 0 Å². The molecule has 0 aliphatic heterocycles. The summed E-state index contributed by atoms with van der Waals surface area (Å²) in [5.41, 5.74) is 0. The Kier molecular flexibility index (Phi) is 6.25. The SMILES string of the molecule is CCCCC[C@H](O)CCC1CCCC1. The average Bonchev–Trinajstić information content (AvgIpc) is 2.68. The topological polar surface area (TPSA) is 20.2 Å². The first-order valence-electron chi connectivity index (χ1n) is 6.51. The van der Waals surface area contributed by atoms with Crippen LogP contribution in [0.5, 0.6) is 0 Å². The Labute approximate surface area is 88.9 Å². The third kappa shape index (κ3) is 4.99. The molecule has 1 saturated carbocycles. The van der Waals surface area contributed by atoms with E-state index in [-0.39, 0.29) is 6.10 Å². The Morgan fingerprint density at radius 1 is 1.14 bits per heavy atom. The predicted molar refractivity (Wildman–Crippen MR) is 61.3 cm³/mol. The summed E-state index contributed by atoms with van der Waals surface area (Å²) in [7, 11) is 0. The second-order valence-corrected chi connectivity index (χ2v) is 4.88. The smallest absolute Gasteiger partial charge is 0.0540 e. The Morgan fingerprint density at radius 2 is 1.86 bits per heavy atom. The molecule has 0 saturated heterocycles. The van der Waals surface area contributed by atoms with E-state index in [1.54, 1.807) is 0 Å². The van der Waals surface area contributed by atoms with Crippen LogP contribution in [0.25, 0.3) is 0 Å². The fourth-order valence-corrected chi connectivity index (χ4v) is 2.50. The molecule has 0 unspecified atom stereocenters. The van der Waals surface area contributed by atoms with Gasteiger partial charge in [-0.2, -0.15) is 0 Å². The molecule has 1 aliphatic rings. The predicted octanol–water partition coefficient (Wildman–Crippen LogP) is 3.90. The number of rotatable bonds is 7. The quantitative estimate of drug-likeness (QED) is 0.615. The summed E-state index contributed by atoms with van der Waals surface area (Å²) in [4.78, 5) is 0. The zero-order valence-electron chi connectivity index (χ0n) is 9.67. The summed E-state index contributed by atoms with van der Waals surface area (Å²) in [5.74, 6) is 0.941. The molecule has 0 aromatic carbocycles. The summed E-state index contributed by atoms with van der Waals surface area (Å²) in [6.45, 7) is 2.21. The average molecular weight is 198 g/mol. The minimum absolute atomic E-state index is 0.0119. The Morgan fingerprint density at radius 3 is 2.50 bits per heavy atom. The van der Waals surface area contributed by atoms with Crippen molar-refractivity contribution in [3.63, 3.8) is 0 Å². The highest BCUT2D eigenvalue weighted by Crippen LogP contribution is 2.29. The second kappa shape index (κ2) is 7.28. The number of aliphatic hydroxyl groups excluding tert-OH is 1. The molecule has 0 aromatic heterocycles. The molecule has 0 amide bonds. The van der Waals surface area contributed by atoms with Gasteiger partial charge in [-0.3, -0.25) is 0 Å². The van der Waals surface area contributed by atoms with Gasteiger partial charge in [0.05, 0.1) is 6.10 Å². The first kappa shape index (κ1) is 12.0. The largest absolute Gasteiger partial charge is 0.393 e. The molecule has 0 spiro atoms. The van der Waals surface area contributed by atoms with E-state index in [1.807, 2.05) is 0 Å². The molecule has 84 valence electrons. The van der Waals surface area contributed by atoms with Crippen LogP contribution in [-0.4, -0.2) is 11.2 Å². The van der Waals surface area contributed by atoms with Gasteiger partial charge in [0.15, 0.2) is 0 Å². The monoisotopic (exact) mass is 198 g/mol. The lowest BCUT2D eigenvalue weighted by Crippen LogP contribution is -2.08. The molecule has 0 heterocycles. The van der Waals surface area contributed by atoms with Gasteiger partial charge in [-0.15, -0.1) is 0 Å². The van der Waals surface area contributed by atoms with E-state index < -0.39 is 0 Å². The van der Waals surface area contributed by atoms with Crippen LogP contribution in [0.1, 0.15) is 71.1 Å². The number of unbranched alkanes of at least 4 members (excludes halogenated alkanes) is 2. The van der Waals surface area contributed by atoms with Crippen molar-refractivity contribution in [3.05, 3.63) is 0 Å². The van der Waals surface area contributed by atoms with Crippen LogP contribution in [0.15, 0.2) is 0 Å². The minimum Gasteiger partial charge on any atom is -0.393 e. The molecule has 1 aliphatic carbocycles. The van der Waals surface area contributed by atoms with Crippen molar-refractivity contribution < 1.29 is 5.11 Å². The van der Waals surface area contributed by atoms with Crippen molar-refractivity contribution in [1.29, 1.82) is 0 Å². The van der Waals surface area contributed by atoms with Crippen molar-refractivity contribution in [2.24, 2.45) is 5.92 Å². The number of hydrogen-bond acceptors (Lipinski definition) is 1. The molecular weight excluding hydrogens is 172 g/mol. The van der Waals surface area contributed by atoms with Crippen LogP contribution >= 0.6 is 0 Å². The molecule has 0 bridgehead atoms. The van der Waals surface area contributed by atoms with E-state index in [4.69, 9.17) is 0 Å². The third-order valence-corrected chi connectivity index (χ3v) is 3.52. The Bertz CT molecular complexity index is 127. The summed E-state index contributed by atoms with van der Waals surface area (Å²) in [6.07, 6.45) is 12.8. The van der Waals surface area contributed by atoms with E-state index in [9.17, 15) is 5.11 Å². The molecule has 1 nitrogen and oxygen atoms in total. The zero-order chi connectivity index (χ0) is 10.2. The molecule has 1 rings (SSSR count). The number of hydrogen-bond donors (Lipinski definition) is 1. The lowest BCUT2D eigenvalue weighted by Gasteiger charge is -2.13. The molecule has 1 atom stereocenters. The van der Waals surface area contributed by atoms with Crippen LogP contribution in [-0.2, 0) is 0 Å². The standard InChI is InChI=1S/C13H26O/c1-2-3-4-9-13(14)11-10-12-7-5-6-8-12/h12-14H,2-11H2,1H3/t13-/m0/s1. The first-order valence-corrected chi connectivity index (χ1v) is 6.51. The molecule has 0 radical (unpaired) electrons. The van der Waals surface area contributed by atoms with Crippen molar-refractivity contribution in [3.8, 4) is 0 Å². The maximum absolute atomic E-state index is 9.74. The highest BCUT2D eigenvalue weighted by atomic mass is 16.3. The molecule has 1 fully saturated rings. The van der Waals surface area contributed by atoms with Gasteiger partial charge < -0.3 is 5.11 Å². The van der Waals surface area contributed by atoms with Crippen LogP contribution in [0, 0.1) is 5.92 Å². The van der Waals surface area contributed by atoms with Crippen LogP contribution in [0.3, 0.4) is 0 Å². The summed E-state index contributed by atoms with van der Waals surface area (Å²) >= 11 is 0. The van der Waals surface area contributed by atoms with Gasteiger partial charge in [0, 0.05) is 0 Å². The Hall–Kier alpha value is -0.0400. The molecule has 1 N–H and O–H groups in total. The number of aliphatic hydroxyl groups is 1. The summed E-state index contributed by atoms with van der Waals surface area (Å²) < 4.78 is 0. The van der Waals surface area contributed by atoms with Crippen LogP contribution < -0.4 is 0 Å². The fraction of sp³-hybridized carbons (Fsp3) is 1.00.